The third-order valence-electron chi connectivity index (χ3n) is 6.09. The predicted octanol–water partition coefficient (Wildman–Crippen LogP) is 4.72. The van der Waals surface area contributed by atoms with Gasteiger partial charge in [0, 0.05) is 0 Å². The van der Waals surface area contributed by atoms with Gasteiger partial charge in [0.25, 0.3) is 0 Å². The van der Waals surface area contributed by atoms with E-state index in [4.69, 9.17) is 9.59 Å². The topological polar surface area (TPSA) is 34.1 Å². The molecule has 0 atom stereocenters. The van der Waals surface area contributed by atoms with Gasteiger partial charge in [0.15, 0.2) is 0 Å². The SMILES string of the molecule is O=[C-]Cl.O=[C-]Cl.[IrH+2].c1ccc([As](c2ccccc2)c2ccccc2)cc1.c1ccc([As](c2ccccc2)c2ccccc2)cc1. The first-order valence-corrected chi connectivity index (χ1v) is 20.0. The number of benzene rings is 6. The predicted molar refractivity (Wildman–Crippen MR) is 192 cm³/mol. The van der Waals surface area contributed by atoms with Crippen LogP contribution in [-0.4, -0.2) is 40.8 Å². The van der Waals surface area contributed by atoms with E-state index in [0.717, 1.165) is 11.5 Å². The second-order valence-electron chi connectivity index (χ2n) is 8.84. The van der Waals surface area contributed by atoms with Gasteiger partial charge >= 0.3 is 258 Å². The molecule has 0 aliphatic rings. The van der Waals surface area contributed by atoms with E-state index in [1.165, 1.54) is 26.1 Å². The molecule has 6 aromatic carbocycles. The summed E-state index contributed by atoms with van der Waals surface area (Å²) in [5, 5.41) is 0. The number of hydrogen-bond acceptors (Lipinski definition) is 2. The molecular weight excluding hydrogens is 901 g/mol. The Morgan fingerprint density at radius 1 is 0.311 bits per heavy atom. The van der Waals surface area contributed by atoms with Gasteiger partial charge in [-0.1, -0.05) is 0 Å². The Hall–Kier alpha value is -2.99. The van der Waals surface area contributed by atoms with Crippen LogP contribution in [0.4, 0.5) is 0 Å². The summed E-state index contributed by atoms with van der Waals surface area (Å²) in [6, 6.07) is 65.4. The summed E-state index contributed by atoms with van der Waals surface area (Å²) in [6.07, 6.45) is 0. The molecule has 45 heavy (non-hydrogen) atoms. The van der Waals surface area contributed by atoms with E-state index in [-0.39, 0.29) is 20.1 Å². The summed E-state index contributed by atoms with van der Waals surface area (Å²) < 4.78 is 8.87. The van der Waals surface area contributed by atoms with E-state index < -0.39 is 29.3 Å². The van der Waals surface area contributed by atoms with Crippen molar-refractivity contribution in [2.45, 2.75) is 0 Å². The van der Waals surface area contributed by atoms with Crippen molar-refractivity contribution in [1.82, 2.24) is 0 Å². The molecule has 0 saturated carbocycles. The number of halogens is 2. The molecular formula is C38H31As2Cl2IrO2. The van der Waals surface area contributed by atoms with Gasteiger partial charge < -0.3 is 32.8 Å². The molecule has 0 spiro atoms. The first-order valence-electron chi connectivity index (χ1n) is 13.6. The summed E-state index contributed by atoms with van der Waals surface area (Å²) in [5.41, 5.74) is 0. The van der Waals surface area contributed by atoms with Crippen molar-refractivity contribution in [3.05, 3.63) is 182 Å². The van der Waals surface area contributed by atoms with Crippen LogP contribution in [-0.2, 0) is 29.7 Å². The average molecular weight is 933 g/mol. The Balaban J connectivity index is 0.000000262. The number of hydrogen-bond donors (Lipinski definition) is 0. The van der Waals surface area contributed by atoms with Gasteiger partial charge in [-0.2, -0.15) is 11.5 Å². The minimum atomic E-state index is -1.39. The average Bonchev–Trinajstić information content (AvgIpc) is 3.09. The van der Waals surface area contributed by atoms with Crippen LogP contribution >= 0.6 is 23.2 Å². The second kappa shape index (κ2) is 23.4. The standard InChI is InChI=1S/2C18H15As.2CClO.Ir.H/c2*1-4-10-16(11-5-1)19(17-12-6-2-7-13-17)18-14-8-3-9-15-18;2*2-1-3;;/h2*1-15H;;;;/q;;2*-1;+2;. The van der Waals surface area contributed by atoms with Crippen LogP contribution in [0.3, 0.4) is 0 Å². The van der Waals surface area contributed by atoms with Crippen molar-refractivity contribution in [3.8, 4) is 0 Å². The monoisotopic (exact) mass is 932 g/mol. The van der Waals surface area contributed by atoms with Crippen molar-refractivity contribution in [2.75, 3.05) is 0 Å². The Labute approximate surface area is 299 Å². The van der Waals surface area contributed by atoms with Gasteiger partial charge in [-0.05, 0) is 0 Å². The molecule has 0 N–H and O–H groups in total. The molecule has 0 aliphatic heterocycles. The van der Waals surface area contributed by atoms with Crippen LogP contribution in [0.2, 0.25) is 0 Å². The van der Waals surface area contributed by atoms with Crippen molar-refractivity contribution in [1.29, 1.82) is 0 Å². The quantitative estimate of drug-likeness (QED) is 0.138. The Bertz CT molecular complexity index is 1290. The molecule has 0 amide bonds. The van der Waals surface area contributed by atoms with E-state index in [2.05, 4.69) is 205 Å². The number of carbonyl (C=O) groups excluding carboxylic acids is 2. The molecule has 7 heteroatoms. The molecule has 2 nitrogen and oxygen atoms in total. The first kappa shape index (κ1) is 38.2. The summed E-state index contributed by atoms with van der Waals surface area (Å²) in [7, 11) is 0. The summed E-state index contributed by atoms with van der Waals surface area (Å²) in [5.74, 6) is 1.94. The van der Waals surface area contributed by atoms with Gasteiger partial charge in [0.2, 0.25) is 0 Å². The van der Waals surface area contributed by atoms with Crippen LogP contribution in [0.15, 0.2) is 182 Å². The van der Waals surface area contributed by atoms with E-state index >= 15 is 0 Å². The summed E-state index contributed by atoms with van der Waals surface area (Å²) in [4.78, 5) is 16.9. The summed E-state index contributed by atoms with van der Waals surface area (Å²) >= 11 is 5.61. The van der Waals surface area contributed by atoms with E-state index in [1.54, 1.807) is 0 Å². The van der Waals surface area contributed by atoms with Crippen LogP contribution in [0.1, 0.15) is 0 Å². The fourth-order valence-electron chi connectivity index (χ4n) is 4.36. The van der Waals surface area contributed by atoms with Crippen molar-refractivity contribution >= 4 is 90.1 Å². The maximum absolute atomic E-state index is 8.45. The van der Waals surface area contributed by atoms with Gasteiger partial charge in [0.05, 0.1) is 0 Å². The molecule has 1 radical (unpaired) electrons. The molecule has 0 saturated heterocycles. The van der Waals surface area contributed by atoms with E-state index in [0.29, 0.717) is 0 Å². The molecule has 0 aromatic heterocycles. The fourth-order valence-corrected chi connectivity index (χ4v) is 14.0. The van der Waals surface area contributed by atoms with Crippen molar-refractivity contribution in [2.24, 2.45) is 0 Å². The zero-order valence-corrected chi connectivity index (χ0v) is 31.9. The molecule has 228 valence electrons. The normalized spacial score (nSPS) is 9.51. The zero-order chi connectivity index (χ0) is 31.2. The third-order valence-corrected chi connectivity index (χ3v) is 16.3. The maximum atomic E-state index is 8.45. The van der Waals surface area contributed by atoms with Crippen LogP contribution < -0.4 is 26.1 Å². The Kier molecular flexibility index (Phi) is 19.8. The first-order chi connectivity index (χ1) is 21.7. The van der Waals surface area contributed by atoms with Crippen molar-refractivity contribution < 1.29 is 29.7 Å². The number of rotatable bonds is 6. The van der Waals surface area contributed by atoms with E-state index in [9.17, 15) is 0 Å². The van der Waals surface area contributed by atoms with E-state index in [1.807, 2.05) is 0 Å². The van der Waals surface area contributed by atoms with Gasteiger partial charge in [0.1, 0.15) is 0 Å². The van der Waals surface area contributed by atoms with Crippen LogP contribution in [0, 0.1) is 0 Å². The zero-order valence-electron chi connectivity index (χ0n) is 24.1. The van der Waals surface area contributed by atoms with Gasteiger partial charge in [-0.25, -0.2) is 0 Å². The molecule has 0 unspecified atom stereocenters. The molecule has 6 aromatic rings. The molecule has 0 heterocycles. The third kappa shape index (κ3) is 13.1. The fraction of sp³-hybridized carbons (Fsp3) is 0. The molecule has 0 bridgehead atoms. The minimum absolute atomic E-state index is 0. The summed E-state index contributed by atoms with van der Waals surface area (Å²) in [6.45, 7) is 0. The van der Waals surface area contributed by atoms with Crippen LogP contribution in [0.5, 0.6) is 0 Å². The molecule has 6 rings (SSSR count). The molecule has 0 fully saturated rings. The second-order valence-corrected chi connectivity index (χ2v) is 18.5. The van der Waals surface area contributed by atoms with Crippen LogP contribution in [0.25, 0.3) is 0 Å². The Morgan fingerprint density at radius 2 is 0.422 bits per heavy atom. The van der Waals surface area contributed by atoms with Gasteiger partial charge in [-0.3, -0.25) is 0 Å². The Morgan fingerprint density at radius 3 is 0.533 bits per heavy atom. The molecule has 0 aliphatic carbocycles. The van der Waals surface area contributed by atoms with Gasteiger partial charge in [-0.15, -0.1) is 0 Å². The van der Waals surface area contributed by atoms with Crippen molar-refractivity contribution in [3.63, 3.8) is 0 Å².